The number of anilines is 1. The fraction of sp³-hybridized carbons (Fsp3) is 0.529. The monoisotopic (exact) mass is 397 g/mol. The largest absolute Gasteiger partial charge is 0.375 e. The van der Waals surface area contributed by atoms with Crippen LogP contribution in [0.2, 0.25) is 0 Å². The van der Waals surface area contributed by atoms with Crippen molar-refractivity contribution >= 4 is 33.4 Å². The molecule has 0 saturated carbocycles. The number of ether oxygens (including phenoxy) is 1. The van der Waals surface area contributed by atoms with Crippen molar-refractivity contribution in [1.82, 2.24) is 9.80 Å². The molecular weight excluding hydrogens is 374 g/mol. The van der Waals surface area contributed by atoms with Gasteiger partial charge in [0, 0.05) is 37.8 Å². The third-order valence-electron chi connectivity index (χ3n) is 4.24. The molecule has 0 aliphatic carbocycles. The van der Waals surface area contributed by atoms with Crippen molar-refractivity contribution in [3.63, 3.8) is 0 Å². The van der Waals surface area contributed by atoms with Gasteiger partial charge in [-0.2, -0.15) is 0 Å². The summed E-state index contributed by atoms with van der Waals surface area (Å²) in [6, 6.07) is 5.58. The highest BCUT2D eigenvalue weighted by Crippen LogP contribution is 2.23. The van der Waals surface area contributed by atoms with Crippen LogP contribution in [0.15, 0.2) is 22.7 Å². The van der Waals surface area contributed by atoms with Crippen LogP contribution in [0.3, 0.4) is 0 Å². The second-order valence-electron chi connectivity index (χ2n) is 6.00. The minimum absolute atomic E-state index is 0.00200. The first-order valence-corrected chi connectivity index (χ1v) is 8.79. The summed E-state index contributed by atoms with van der Waals surface area (Å²) in [4.78, 5) is 28.2. The van der Waals surface area contributed by atoms with Gasteiger partial charge in [0.15, 0.2) is 0 Å². The molecule has 0 spiro atoms. The van der Waals surface area contributed by atoms with Gasteiger partial charge in [-0.15, -0.1) is 0 Å². The Balaban J connectivity index is 1.89. The van der Waals surface area contributed by atoms with Crippen LogP contribution in [0, 0.1) is 6.92 Å². The molecule has 1 heterocycles. The van der Waals surface area contributed by atoms with Gasteiger partial charge in [-0.25, -0.2) is 0 Å². The van der Waals surface area contributed by atoms with Crippen LogP contribution in [0.4, 0.5) is 5.69 Å². The lowest BCUT2D eigenvalue weighted by molar-refractivity contribution is -0.137. The Hall–Kier alpha value is -1.44. The Morgan fingerprint density at radius 2 is 1.96 bits per heavy atom. The zero-order valence-electron chi connectivity index (χ0n) is 14.3. The standard InChI is InChI=1S/C17H24BrN3O3/c1-12-4-5-15(14(18)10-12)19-17(23)13(2)20-6-8-21(9-7-20)16(22)11-24-3/h4-5,10,13H,6-9,11H2,1-3H3,(H,19,23). The van der Waals surface area contributed by atoms with Gasteiger partial charge >= 0.3 is 0 Å². The zero-order valence-corrected chi connectivity index (χ0v) is 15.9. The fourth-order valence-corrected chi connectivity index (χ4v) is 3.29. The van der Waals surface area contributed by atoms with Crippen molar-refractivity contribution in [1.29, 1.82) is 0 Å². The maximum atomic E-state index is 12.5. The van der Waals surface area contributed by atoms with Gasteiger partial charge in [-0.3, -0.25) is 14.5 Å². The van der Waals surface area contributed by atoms with E-state index >= 15 is 0 Å². The molecule has 0 aromatic heterocycles. The third kappa shape index (κ3) is 4.78. The van der Waals surface area contributed by atoms with Crippen LogP contribution < -0.4 is 5.32 Å². The fourth-order valence-electron chi connectivity index (χ4n) is 2.70. The molecule has 0 radical (unpaired) electrons. The van der Waals surface area contributed by atoms with Crippen molar-refractivity contribution in [2.24, 2.45) is 0 Å². The number of amides is 2. The summed E-state index contributed by atoms with van der Waals surface area (Å²) in [7, 11) is 1.52. The Labute approximate surface area is 151 Å². The summed E-state index contributed by atoms with van der Waals surface area (Å²) in [6.45, 7) is 6.60. The first-order valence-electron chi connectivity index (χ1n) is 8.00. The molecule has 6 nitrogen and oxygen atoms in total. The van der Waals surface area contributed by atoms with Crippen molar-refractivity contribution in [2.45, 2.75) is 19.9 Å². The number of carbonyl (C=O) groups is 2. The SMILES string of the molecule is COCC(=O)N1CCN(C(C)C(=O)Nc2ccc(C)cc2Br)CC1. The molecule has 1 saturated heterocycles. The number of hydrogen-bond acceptors (Lipinski definition) is 4. The van der Waals surface area contributed by atoms with Crippen LogP contribution in [0.5, 0.6) is 0 Å². The highest BCUT2D eigenvalue weighted by atomic mass is 79.9. The molecule has 1 fully saturated rings. The lowest BCUT2D eigenvalue weighted by Gasteiger charge is -2.37. The summed E-state index contributed by atoms with van der Waals surface area (Å²) in [5.74, 6) is -0.0472. The molecule has 132 valence electrons. The minimum atomic E-state index is -0.252. The average Bonchev–Trinajstić information content (AvgIpc) is 2.57. The summed E-state index contributed by atoms with van der Waals surface area (Å²) < 4.78 is 5.76. The van der Waals surface area contributed by atoms with E-state index in [1.54, 1.807) is 4.90 Å². The van der Waals surface area contributed by atoms with E-state index < -0.39 is 0 Å². The van der Waals surface area contributed by atoms with E-state index in [1.807, 2.05) is 32.0 Å². The highest BCUT2D eigenvalue weighted by molar-refractivity contribution is 9.10. The van der Waals surface area contributed by atoms with E-state index in [2.05, 4.69) is 26.1 Å². The average molecular weight is 398 g/mol. The van der Waals surface area contributed by atoms with Gasteiger partial charge in [0.1, 0.15) is 6.61 Å². The van der Waals surface area contributed by atoms with E-state index in [9.17, 15) is 9.59 Å². The topological polar surface area (TPSA) is 61.9 Å². The Kier molecular flexibility index (Phi) is 6.77. The lowest BCUT2D eigenvalue weighted by atomic mass is 10.2. The second-order valence-corrected chi connectivity index (χ2v) is 6.85. The predicted molar refractivity (Wildman–Crippen MR) is 97.0 cm³/mol. The van der Waals surface area contributed by atoms with Gasteiger partial charge in [0.2, 0.25) is 11.8 Å². The number of carbonyl (C=O) groups excluding carboxylic acids is 2. The van der Waals surface area contributed by atoms with Crippen molar-refractivity contribution in [3.8, 4) is 0 Å². The number of halogens is 1. The number of aryl methyl sites for hydroxylation is 1. The van der Waals surface area contributed by atoms with Gasteiger partial charge in [-0.05, 0) is 47.5 Å². The van der Waals surface area contributed by atoms with E-state index in [0.29, 0.717) is 26.2 Å². The summed E-state index contributed by atoms with van der Waals surface area (Å²) >= 11 is 3.47. The third-order valence-corrected chi connectivity index (χ3v) is 4.90. The van der Waals surface area contributed by atoms with Crippen molar-refractivity contribution in [3.05, 3.63) is 28.2 Å². The molecule has 1 aromatic rings. The molecule has 2 rings (SSSR count). The number of methoxy groups -OCH3 is 1. The highest BCUT2D eigenvalue weighted by Gasteiger charge is 2.27. The second kappa shape index (κ2) is 8.60. The van der Waals surface area contributed by atoms with Gasteiger partial charge in [-0.1, -0.05) is 6.07 Å². The molecule has 1 aliphatic rings. The van der Waals surface area contributed by atoms with Crippen molar-refractivity contribution < 1.29 is 14.3 Å². The quantitative estimate of drug-likeness (QED) is 0.823. The van der Waals surface area contributed by atoms with E-state index in [0.717, 1.165) is 15.7 Å². The van der Waals surface area contributed by atoms with E-state index in [1.165, 1.54) is 7.11 Å². The molecule has 1 aliphatic heterocycles. The van der Waals surface area contributed by atoms with E-state index in [-0.39, 0.29) is 24.5 Å². The van der Waals surface area contributed by atoms with Crippen LogP contribution in [-0.4, -0.2) is 67.6 Å². The number of nitrogens with zero attached hydrogens (tertiary/aromatic N) is 2. The molecule has 24 heavy (non-hydrogen) atoms. The zero-order chi connectivity index (χ0) is 17.7. The number of nitrogens with one attached hydrogen (secondary N) is 1. The molecule has 1 N–H and O–H groups in total. The Bertz CT molecular complexity index is 601. The van der Waals surface area contributed by atoms with Crippen molar-refractivity contribution in [2.75, 3.05) is 45.2 Å². The molecule has 1 unspecified atom stereocenters. The van der Waals surface area contributed by atoms with Crippen LogP contribution >= 0.6 is 15.9 Å². The van der Waals surface area contributed by atoms with Gasteiger partial charge in [0.25, 0.3) is 0 Å². The first-order chi connectivity index (χ1) is 11.4. The molecule has 1 atom stereocenters. The molecule has 0 bridgehead atoms. The molecule has 2 amide bonds. The van der Waals surface area contributed by atoms with Crippen LogP contribution in [-0.2, 0) is 14.3 Å². The first kappa shape index (κ1) is 18.9. The predicted octanol–water partition coefficient (Wildman–Crippen LogP) is 1.88. The Morgan fingerprint density at radius 1 is 1.29 bits per heavy atom. The lowest BCUT2D eigenvalue weighted by Crippen LogP contribution is -2.54. The summed E-state index contributed by atoms with van der Waals surface area (Å²) in [5, 5.41) is 2.96. The molecule has 7 heteroatoms. The van der Waals surface area contributed by atoms with E-state index in [4.69, 9.17) is 4.74 Å². The maximum absolute atomic E-state index is 12.5. The number of rotatable bonds is 5. The summed E-state index contributed by atoms with van der Waals surface area (Å²) in [5.41, 5.74) is 1.90. The molecular formula is C17H24BrN3O3. The minimum Gasteiger partial charge on any atom is -0.375 e. The number of piperazine rings is 1. The normalized spacial score (nSPS) is 16.8. The molecule has 1 aromatic carbocycles. The number of hydrogen-bond donors (Lipinski definition) is 1. The summed E-state index contributed by atoms with van der Waals surface area (Å²) in [6.07, 6.45) is 0. The Morgan fingerprint density at radius 3 is 2.54 bits per heavy atom. The van der Waals surface area contributed by atoms with Gasteiger partial charge < -0.3 is 15.0 Å². The van der Waals surface area contributed by atoms with Crippen LogP contribution in [0.25, 0.3) is 0 Å². The number of benzene rings is 1. The van der Waals surface area contributed by atoms with Crippen LogP contribution in [0.1, 0.15) is 12.5 Å². The van der Waals surface area contributed by atoms with Gasteiger partial charge in [0.05, 0.1) is 11.7 Å². The smallest absolute Gasteiger partial charge is 0.248 e. The maximum Gasteiger partial charge on any atom is 0.248 e.